The van der Waals surface area contributed by atoms with Crippen LogP contribution >= 0.6 is 11.3 Å². The van der Waals surface area contributed by atoms with Crippen molar-refractivity contribution in [3.63, 3.8) is 0 Å². The molecule has 154 valence electrons. The second-order valence-electron chi connectivity index (χ2n) is 6.28. The second-order valence-corrected chi connectivity index (χ2v) is 8.88. The highest BCUT2D eigenvalue weighted by molar-refractivity contribution is 7.92. The lowest BCUT2D eigenvalue weighted by atomic mass is 10.2. The van der Waals surface area contributed by atoms with Crippen molar-refractivity contribution in [3.05, 3.63) is 83.9 Å². The highest BCUT2D eigenvalue weighted by Crippen LogP contribution is 2.33. The van der Waals surface area contributed by atoms with Crippen molar-refractivity contribution in [3.8, 4) is 16.3 Å². The number of aromatic nitrogens is 2. The van der Waals surface area contributed by atoms with Crippen LogP contribution in [0.3, 0.4) is 0 Å². The number of rotatable bonds is 5. The number of sulfonamides is 1. The molecule has 0 amide bonds. The molecular weight excluding hydrogens is 435 g/mol. The Hall–Kier alpha value is -3.11. The Kier molecular flexibility index (Phi) is 5.12. The molecule has 0 spiro atoms. The molecule has 0 radical (unpaired) electrons. The highest BCUT2D eigenvalue weighted by Gasteiger charge is 2.30. The lowest BCUT2D eigenvalue weighted by Gasteiger charge is -2.10. The Labute approximate surface area is 174 Å². The first kappa shape index (κ1) is 20.2. The lowest BCUT2D eigenvalue weighted by molar-refractivity contribution is -0.137. The molecule has 5 nitrogen and oxygen atoms in total. The average molecular weight is 449 g/mol. The van der Waals surface area contributed by atoms with Crippen molar-refractivity contribution < 1.29 is 21.6 Å². The maximum Gasteiger partial charge on any atom is 0.416 e. The van der Waals surface area contributed by atoms with Crippen molar-refractivity contribution >= 4 is 27.0 Å². The van der Waals surface area contributed by atoms with Gasteiger partial charge in [-0.15, -0.1) is 11.3 Å². The van der Waals surface area contributed by atoms with Crippen LogP contribution in [-0.2, 0) is 16.2 Å². The van der Waals surface area contributed by atoms with Crippen LogP contribution in [-0.4, -0.2) is 18.2 Å². The van der Waals surface area contributed by atoms with Crippen molar-refractivity contribution in [2.45, 2.75) is 11.1 Å². The number of anilines is 1. The van der Waals surface area contributed by atoms with E-state index in [1.807, 2.05) is 6.07 Å². The molecule has 30 heavy (non-hydrogen) atoms. The third kappa shape index (κ3) is 4.10. The van der Waals surface area contributed by atoms with E-state index in [-0.39, 0.29) is 16.3 Å². The Balaban J connectivity index is 1.73. The van der Waals surface area contributed by atoms with Gasteiger partial charge in [0.2, 0.25) is 0 Å². The maximum atomic E-state index is 13.1. The van der Waals surface area contributed by atoms with Gasteiger partial charge in [-0.3, -0.25) is 4.72 Å². The number of hydrogen-bond donors (Lipinski definition) is 1. The summed E-state index contributed by atoms with van der Waals surface area (Å²) < 4.78 is 68.2. The summed E-state index contributed by atoms with van der Waals surface area (Å²) in [5, 5.41) is 6.24. The van der Waals surface area contributed by atoms with Gasteiger partial charge in [0, 0.05) is 5.69 Å². The third-order valence-corrected chi connectivity index (χ3v) is 6.47. The fourth-order valence-electron chi connectivity index (χ4n) is 2.79. The number of alkyl halides is 3. The summed E-state index contributed by atoms with van der Waals surface area (Å²) in [7, 11) is -4.11. The third-order valence-electron chi connectivity index (χ3n) is 4.21. The van der Waals surface area contributed by atoms with Gasteiger partial charge in [-0.05, 0) is 47.8 Å². The molecule has 0 fully saturated rings. The smallest absolute Gasteiger partial charge is 0.280 e. The van der Waals surface area contributed by atoms with Gasteiger partial charge in [-0.25, -0.2) is 13.1 Å². The molecule has 2 aromatic heterocycles. The number of nitrogens with one attached hydrogen (secondary N) is 1. The molecule has 4 rings (SSSR count). The lowest BCUT2D eigenvalue weighted by Crippen LogP contribution is -2.13. The average Bonchev–Trinajstić information content (AvgIpc) is 3.38. The fourth-order valence-corrected chi connectivity index (χ4v) is 4.78. The molecule has 0 bridgehead atoms. The monoisotopic (exact) mass is 449 g/mol. The number of para-hydroxylation sites is 1. The predicted octanol–water partition coefficient (Wildman–Crippen LogP) is 5.42. The summed E-state index contributed by atoms with van der Waals surface area (Å²) in [6, 6.07) is 16.3. The van der Waals surface area contributed by atoms with Gasteiger partial charge in [0.15, 0.2) is 0 Å². The molecule has 2 aromatic carbocycles. The van der Waals surface area contributed by atoms with E-state index in [4.69, 9.17) is 0 Å². The Bertz CT molecular complexity index is 1250. The van der Waals surface area contributed by atoms with E-state index in [1.165, 1.54) is 22.2 Å². The Morgan fingerprint density at radius 3 is 2.23 bits per heavy atom. The maximum absolute atomic E-state index is 13.1. The largest absolute Gasteiger partial charge is 0.416 e. The first-order chi connectivity index (χ1) is 14.2. The minimum Gasteiger partial charge on any atom is -0.280 e. The van der Waals surface area contributed by atoms with Crippen LogP contribution in [0.5, 0.6) is 0 Å². The fraction of sp³-hybridized carbons (Fsp3) is 0.0500. The van der Waals surface area contributed by atoms with E-state index < -0.39 is 21.8 Å². The number of nitrogens with zero attached hydrogens (tertiary/aromatic N) is 2. The van der Waals surface area contributed by atoms with Gasteiger partial charge >= 0.3 is 6.18 Å². The molecule has 0 aliphatic carbocycles. The predicted molar refractivity (Wildman–Crippen MR) is 109 cm³/mol. The Morgan fingerprint density at radius 1 is 0.933 bits per heavy atom. The van der Waals surface area contributed by atoms with E-state index >= 15 is 0 Å². The van der Waals surface area contributed by atoms with Gasteiger partial charge in [0.1, 0.15) is 10.6 Å². The van der Waals surface area contributed by atoms with Gasteiger partial charge < -0.3 is 0 Å². The Morgan fingerprint density at radius 2 is 1.63 bits per heavy atom. The van der Waals surface area contributed by atoms with Crippen LogP contribution in [0.25, 0.3) is 16.3 Å². The molecule has 1 N–H and O–H groups in total. The van der Waals surface area contributed by atoms with Crippen LogP contribution in [0.1, 0.15) is 5.56 Å². The van der Waals surface area contributed by atoms with Crippen LogP contribution < -0.4 is 4.72 Å². The van der Waals surface area contributed by atoms with Gasteiger partial charge in [-0.1, -0.05) is 24.3 Å². The minimum atomic E-state index is -4.50. The summed E-state index contributed by atoms with van der Waals surface area (Å²) in [4.78, 5) is 0.575. The summed E-state index contributed by atoms with van der Waals surface area (Å²) in [5.74, 6) is 0. The first-order valence-electron chi connectivity index (χ1n) is 8.63. The quantitative estimate of drug-likeness (QED) is 0.443. The summed E-state index contributed by atoms with van der Waals surface area (Å²) in [5.41, 5.74) is 0.0914. The molecule has 0 unspecified atom stereocenters. The van der Waals surface area contributed by atoms with Gasteiger partial charge in [-0.2, -0.15) is 18.3 Å². The first-order valence-corrected chi connectivity index (χ1v) is 11.0. The zero-order valence-corrected chi connectivity index (χ0v) is 16.8. The molecule has 0 aliphatic heterocycles. The summed E-state index contributed by atoms with van der Waals surface area (Å²) in [6.07, 6.45) is -3.11. The van der Waals surface area contributed by atoms with Crippen LogP contribution in [0.15, 0.2) is 83.2 Å². The van der Waals surface area contributed by atoms with Crippen molar-refractivity contribution in [1.82, 2.24) is 9.78 Å². The highest BCUT2D eigenvalue weighted by atomic mass is 32.2. The van der Waals surface area contributed by atoms with Crippen LogP contribution in [0.2, 0.25) is 0 Å². The number of halogens is 3. The van der Waals surface area contributed by atoms with E-state index in [9.17, 15) is 21.6 Å². The van der Waals surface area contributed by atoms with Gasteiger partial charge in [0.05, 0.1) is 22.3 Å². The van der Waals surface area contributed by atoms with Crippen LogP contribution in [0.4, 0.5) is 18.9 Å². The number of hydrogen-bond acceptors (Lipinski definition) is 4. The second kappa shape index (κ2) is 7.62. The minimum absolute atomic E-state index is 0.0209. The number of benzene rings is 2. The van der Waals surface area contributed by atoms with E-state index in [0.29, 0.717) is 10.6 Å². The van der Waals surface area contributed by atoms with E-state index in [1.54, 1.807) is 41.8 Å². The number of thiophene rings is 1. The molecular formula is C20H14F3N3O2S2. The zero-order chi connectivity index (χ0) is 21.4. The van der Waals surface area contributed by atoms with Gasteiger partial charge in [0.25, 0.3) is 10.0 Å². The topological polar surface area (TPSA) is 64.0 Å². The normalized spacial score (nSPS) is 12.1. The molecule has 10 heteroatoms. The van der Waals surface area contributed by atoms with Crippen molar-refractivity contribution in [2.24, 2.45) is 0 Å². The zero-order valence-electron chi connectivity index (χ0n) is 15.2. The molecule has 4 aromatic rings. The summed E-state index contributed by atoms with van der Waals surface area (Å²) >= 11 is 1.33. The van der Waals surface area contributed by atoms with Crippen molar-refractivity contribution in [1.29, 1.82) is 0 Å². The SMILES string of the molecule is O=S(=O)(Nc1ccc(C(F)(F)F)cc1)c1cn(-c2ccccc2)nc1-c1cccs1. The van der Waals surface area contributed by atoms with E-state index in [0.717, 1.165) is 24.3 Å². The molecule has 2 heterocycles. The standard InChI is InChI=1S/C20H14F3N3O2S2/c21-20(22,23)14-8-10-15(11-9-14)25-30(27,28)18-13-26(16-5-2-1-3-6-16)24-19(18)17-7-4-12-29-17/h1-13,25H. The van der Waals surface area contributed by atoms with Crippen molar-refractivity contribution in [2.75, 3.05) is 4.72 Å². The van der Waals surface area contributed by atoms with E-state index in [2.05, 4.69) is 9.82 Å². The van der Waals surface area contributed by atoms with Crippen LogP contribution in [0, 0.1) is 0 Å². The molecule has 0 atom stereocenters. The molecule has 0 aliphatic rings. The molecule has 0 saturated carbocycles. The molecule has 0 saturated heterocycles. The summed E-state index contributed by atoms with van der Waals surface area (Å²) in [6.45, 7) is 0.